The van der Waals surface area contributed by atoms with Crippen molar-refractivity contribution in [2.45, 2.75) is 13.0 Å². The summed E-state index contributed by atoms with van der Waals surface area (Å²) in [5.74, 6) is 0.552. The van der Waals surface area contributed by atoms with Gasteiger partial charge in [0, 0.05) is 15.6 Å². The second-order valence-corrected chi connectivity index (χ2v) is 5.14. The van der Waals surface area contributed by atoms with Crippen LogP contribution in [0, 0.1) is 6.92 Å². The van der Waals surface area contributed by atoms with Gasteiger partial charge in [-0.3, -0.25) is 0 Å². The number of hydrogen-bond acceptors (Lipinski definition) is 2. The number of aliphatic hydroxyl groups is 1. The van der Waals surface area contributed by atoms with Crippen molar-refractivity contribution in [3.05, 3.63) is 63.1 Å². The lowest BCUT2D eigenvalue weighted by molar-refractivity contribution is 0.214. The molecule has 0 heterocycles. The van der Waals surface area contributed by atoms with Crippen LogP contribution in [0.15, 0.2) is 36.4 Å². The molecule has 0 aliphatic carbocycles. The molecule has 1 N–H and O–H groups in total. The molecule has 1 atom stereocenters. The molecule has 2 rings (SSSR count). The van der Waals surface area contributed by atoms with Gasteiger partial charge in [-0.25, -0.2) is 0 Å². The third-order valence-electron chi connectivity index (χ3n) is 3.00. The van der Waals surface area contributed by atoms with Gasteiger partial charge in [0.1, 0.15) is 11.9 Å². The maximum absolute atomic E-state index is 10.4. The zero-order chi connectivity index (χ0) is 14.0. The van der Waals surface area contributed by atoms with Crippen LogP contribution in [0.4, 0.5) is 0 Å². The molecule has 0 amide bonds. The lowest BCUT2D eigenvalue weighted by Crippen LogP contribution is -2.02. The van der Waals surface area contributed by atoms with Crippen molar-refractivity contribution in [1.82, 2.24) is 0 Å². The molecule has 0 aliphatic rings. The highest BCUT2D eigenvalue weighted by Crippen LogP contribution is 2.33. The minimum Gasteiger partial charge on any atom is -0.496 e. The van der Waals surface area contributed by atoms with E-state index in [1.165, 1.54) is 0 Å². The first-order chi connectivity index (χ1) is 9.02. The molecule has 4 heteroatoms. The summed E-state index contributed by atoms with van der Waals surface area (Å²) < 4.78 is 5.25. The molecular formula is C15H14Cl2O2. The standard InChI is InChI=1S/C15H14Cl2O2/c1-9-3-4-10(7-13(9)17)15(18)12-6-5-11(16)8-14(12)19-2/h3-8,15,18H,1-2H3. The first kappa shape index (κ1) is 14.2. The van der Waals surface area contributed by atoms with E-state index in [-0.39, 0.29) is 0 Å². The van der Waals surface area contributed by atoms with Gasteiger partial charge < -0.3 is 9.84 Å². The summed E-state index contributed by atoms with van der Waals surface area (Å²) in [5, 5.41) is 11.6. The predicted octanol–water partition coefficient (Wildman–Crippen LogP) is 4.39. The van der Waals surface area contributed by atoms with Crippen molar-refractivity contribution >= 4 is 23.2 Å². The van der Waals surface area contributed by atoms with Crippen LogP contribution in [0.1, 0.15) is 22.8 Å². The highest BCUT2D eigenvalue weighted by molar-refractivity contribution is 6.31. The van der Waals surface area contributed by atoms with Gasteiger partial charge in [-0.05, 0) is 36.2 Å². The van der Waals surface area contributed by atoms with E-state index in [1.807, 2.05) is 19.1 Å². The Hall–Kier alpha value is -1.22. The second kappa shape index (κ2) is 5.83. The summed E-state index contributed by atoms with van der Waals surface area (Å²) in [7, 11) is 1.55. The lowest BCUT2D eigenvalue weighted by Gasteiger charge is -2.16. The smallest absolute Gasteiger partial charge is 0.126 e. The largest absolute Gasteiger partial charge is 0.496 e. The summed E-state index contributed by atoms with van der Waals surface area (Å²) in [6.07, 6.45) is -0.801. The Morgan fingerprint density at radius 2 is 1.84 bits per heavy atom. The van der Waals surface area contributed by atoms with Gasteiger partial charge in [0.15, 0.2) is 0 Å². The summed E-state index contributed by atoms with van der Waals surface area (Å²) in [4.78, 5) is 0. The normalized spacial score (nSPS) is 12.3. The number of aliphatic hydroxyl groups excluding tert-OH is 1. The fourth-order valence-corrected chi connectivity index (χ4v) is 2.22. The average Bonchev–Trinajstić information content (AvgIpc) is 2.41. The third-order valence-corrected chi connectivity index (χ3v) is 3.64. The number of rotatable bonds is 3. The average molecular weight is 297 g/mol. The Bertz CT molecular complexity index is 597. The van der Waals surface area contributed by atoms with E-state index >= 15 is 0 Å². The van der Waals surface area contributed by atoms with Crippen molar-refractivity contribution in [2.24, 2.45) is 0 Å². The zero-order valence-corrected chi connectivity index (χ0v) is 12.2. The van der Waals surface area contributed by atoms with Gasteiger partial charge in [-0.2, -0.15) is 0 Å². The summed E-state index contributed by atoms with van der Waals surface area (Å²) in [6, 6.07) is 10.6. The molecule has 0 radical (unpaired) electrons. The molecule has 100 valence electrons. The molecule has 0 bridgehead atoms. The fraction of sp³-hybridized carbons (Fsp3) is 0.200. The van der Waals surface area contributed by atoms with Crippen LogP contribution in [0.5, 0.6) is 5.75 Å². The second-order valence-electron chi connectivity index (χ2n) is 4.30. The zero-order valence-electron chi connectivity index (χ0n) is 10.7. The maximum atomic E-state index is 10.4. The maximum Gasteiger partial charge on any atom is 0.126 e. The quantitative estimate of drug-likeness (QED) is 0.910. The van der Waals surface area contributed by atoms with Crippen molar-refractivity contribution in [2.75, 3.05) is 7.11 Å². The van der Waals surface area contributed by atoms with E-state index in [0.29, 0.717) is 21.4 Å². The van der Waals surface area contributed by atoms with Crippen molar-refractivity contribution in [3.63, 3.8) is 0 Å². The van der Waals surface area contributed by atoms with E-state index in [1.54, 1.807) is 31.4 Å². The monoisotopic (exact) mass is 296 g/mol. The molecule has 0 spiro atoms. The Morgan fingerprint density at radius 1 is 1.11 bits per heavy atom. The van der Waals surface area contributed by atoms with Crippen molar-refractivity contribution in [1.29, 1.82) is 0 Å². The number of halogens is 2. The number of methoxy groups -OCH3 is 1. The van der Waals surface area contributed by atoms with Crippen LogP contribution in [0.3, 0.4) is 0 Å². The SMILES string of the molecule is COc1cc(Cl)ccc1C(O)c1ccc(C)c(Cl)c1. The fourth-order valence-electron chi connectivity index (χ4n) is 1.87. The Morgan fingerprint density at radius 3 is 2.47 bits per heavy atom. The van der Waals surface area contributed by atoms with E-state index in [0.717, 1.165) is 11.1 Å². The Kier molecular flexibility index (Phi) is 4.35. The molecule has 0 saturated heterocycles. The predicted molar refractivity (Wildman–Crippen MR) is 78.3 cm³/mol. The van der Waals surface area contributed by atoms with Crippen LogP contribution >= 0.6 is 23.2 Å². The van der Waals surface area contributed by atoms with E-state index in [2.05, 4.69) is 0 Å². The molecule has 2 aromatic carbocycles. The first-order valence-corrected chi connectivity index (χ1v) is 6.56. The molecule has 0 saturated carbocycles. The summed E-state index contributed by atoms with van der Waals surface area (Å²) in [5.41, 5.74) is 2.35. The van der Waals surface area contributed by atoms with Crippen molar-refractivity contribution < 1.29 is 9.84 Å². The van der Waals surface area contributed by atoms with Gasteiger partial charge in [-0.1, -0.05) is 41.4 Å². The lowest BCUT2D eigenvalue weighted by atomic mass is 10.00. The minimum atomic E-state index is -0.801. The first-order valence-electron chi connectivity index (χ1n) is 5.80. The van der Waals surface area contributed by atoms with Crippen LogP contribution in [0.25, 0.3) is 0 Å². The van der Waals surface area contributed by atoms with Crippen LogP contribution < -0.4 is 4.74 Å². The molecule has 2 nitrogen and oxygen atoms in total. The molecule has 0 aliphatic heterocycles. The number of aryl methyl sites for hydroxylation is 1. The number of ether oxygens (including phenoxy) is 1. The highest BCUT2D eigenvalue weighted by Gasteiger charge is 2.16. The van der Waals surface area contributed by atoms with Gasteiger partial charge in [0.2, 0.25) is 0 Å². The Labute approximate surface area is 122 Å². The number of benzene rings is 2. The molecular weight excluding hydrogens is 283 g/mol. The number of hydrogen-bond donors (Lipinski definition) is 1. The summed E-state index contributed by atoms with van der Waals surface area (Å²) >= 11 is 12.0. The van der Waals surface area contributed by atoms with E-state index in [9.17, 15) is 5.11 Å². The van der Waals surface area contributed by atoms with Gasteiger partial charge in [-0.15, -0.1) is 0 Å². The van der Waals surface area contributed by atoms with E-state index < -0.39 is 6.10 Å². The van der Waals surface area contributed by atoms with Gasteiger partial charge in [0.05, 0.1) is 7.11 Å². The minimum absolute atomic E-state index is 0.552. The van der Waals surface area contributed by atoms with Gasteiger partial charge >= 0.3 is 0 Å². The van der Waals surface area contributed by atoms with Gasteiger partial charge in [0.25, 0.3) is 0 Å². The Balaban J connectivity index is 2.43. The highest BCUT2D eigenvalue weighted by atomic mass is 35.5. The molecule has 2 aromatic rings. The van der Waals surface area contributed by atoms with Crippen LogP contribution in [-0.2, 0) is 0 Å². The van der Waals surface area contributed by atoms with Crippen molar-refractivity contribution in [3.8, 4) is 5.75 Å². The summed E-state index contributed by atoms with van der Waals surface area (Å²) in [6.45, 7) is 1.92. The molecule has 0 aromatic heterocycles. The molecule has 1 unspecified atom stereocenters. The molecule has 19 heavy (non-hydrogen) atoms. The van der Waals surface area contributed by atoms with Crippen LogP contribution in [-0.4, -0.2) is 12.2 Å². The third kappa shape index (κ3) is 3.03. The molecule has 0 fully saturated rings. The topological polar surface area (TPSA) is 29.5 Å². The van der Waals surface area contributed by atoms with E-state index in [4.69, 9.17) is 27.9 Å². The van der Waals surface area contributed by atoms with Crippen LogP contribution in [0.2, 0.25) is 10.0 Å².